The minimum atomic E-state index is 0. The lowest BCUT2D eigenvalue weighted by molar-refractivity contribution is -0.119. The van der Waals surface area contributed by atoms with Gasteiger partial charge in [0.15, 0.2) is 0 Å². The molecule has 1 amide bonds. The van der Waals surface area contributed by atoms with Crippen molar-refractivity contribution in [3.8, 4) is 0 Å². The Hall–Kier alpha value is -0.970. The highest BCUT2D eigenvalue weighted by Crippen LogP contribution is 2.03. The summed E-state index contributed by atoms with van der Waals surface area (Å²) in [7, 11) is 4.00. The summed E-state index contributed by atoms with van der Waals surface area (Å²) in [4.78, 5) is 13.6. The normalized spacial score (nSPS) is 10.9. The Kier molecular flexibility index (Phi) is 11.7. The number of likely N-dealkylation sites (N-methyl/N-ethyl adjacent to an activating group) is 1. The minimum absolute atomic E-state index is 0. The summed E-state index contributed by atoms with van der Waals surface area (Å²) in [6.45, 7) is 3.05. The molecule has 0 aliphatic carbocycles. The molecule has 1 rings (SSSR count). The molecule has 0 heterocycles. The van der Waals surface area contributed by atoms with Crippen molar-refractivity contribution in [1.29, 1.82) is 0 Å². The molecule has 0 saturated carbocycles. The summed E-state index contributed by atoms with van der Waals surface area (Å²) in [6.07, 6.45) is 0. The summed E-state index contributed by atoms with van der Waals surface area (Å²) in [5.41, 5.74) is 0.961. The second-order valence-electron chi connectivity index (χ2n) is 4.34. The van der Waals surface area contributed by atoms with Crippen LogP contribution in [0, 0.1) is 0 Å². The monoisotopic (exact) mass is 307 g/mol. The number of nitrogens with zero attached hydrogens (tertiary/aromatic N) is 1. The number of benzene rings is 1. The fourth-order valence-corrected chi connectivity index (χ4v) is 1.24. The molecule has 0 radical (unpaired) electrons. The summed E-state index contributed by atoms with van der Waals surface area (Å²) in [6, 6.07) is 10.0. The number of anilines is 1. The van der Waals surface area contributed by atoms with E-state index in [0.717, 1.165) is 5.69 Å². The lowest BCUT2D eigenvalue weighted by atomic mass is 10.3. The zero-order valence-corrected chi connectivity index (χ0v) is 13.2. The number of carbonyl (C=O) groups excluding carboxylic acids is 1. The van der Waals surface area contributed by atoms with Crippen LogP contribution in [0.5, 0.6) is 0 Å². The molecule has 1 aromatic rings. The van der Waals surface area contributed by atoms with E-state index in [0.29, 0.717) is 19.1 Å². The van der Waals surface area contributed by atoms with Crippen LogP contribution in [0.15, 0.2) is 30.3 Å². The first-order chi connectivity index (χ1) is 8.09. The smallest absolute Gasteiger partial charge is 0.239 e. The molecule has 0 saturated heterocycles. The fourth-order valence-electron chi connectivity index (χ4n) is 1.24. The van der Waals surface area contributed by atoms with Gasteiger partial charge in [-0.15, -0.1) is 24.8 Å². The van der Waals surface area contributed by atoms with Crippen molar-refractivity contribution in [1.82, 2.24) is 10.2 Å². The van der Waals surface area contributed by atoms with E-state index in [1.165, 1.54) is 0 Å². The van der Waals surface area contributed by atoms with Gasteiger partial charge in [-0.3, -0.25) is 4.79 Å². The number of hydrogen-bond acceptors (Lipinski definition) is 3. The molecule has 0 bridgehead atoms. The van der Waals surface area contributed by atoms with E-state index in [9.17, 15) is 4.79 Å². The van der Waals surface area contributed by atoms with Gasteiger partial charge in [-0.25, -0.2) is 0 Å². The second-order valence-corrected chi connectivity index (χ2v) is 4.34. The lowest BCUT2D eigenvalue weighted by Gasteiger charge is -2.20. The van der Waals surface area contributed by atoms with Crippen LogP contribution in [0.1, 0.15) is 6.92 Å². The molecule has 0 spiro atoms. The Morgan fingerprint density at radius 3 is 2.32 bits per heavy atom. The van der Waals surface area contributed by atoms with Crippen molar-refractivity contribution in [3.05, 3.63) is 30.3 Å². The summed E-state index contributed by atoms with van der Waals surface area (Å²) >= 11 is 0. The van der Waals surface area contributed by atoms with Crippen LogP contribution in [0.3, 0.4) is 0 Å². The number of carbonyl (C=O) groups is 1. The van der Waals surface area contributed by atoms with Crippen LogP contribution in [0.4, 0.5) is 5.69 Å². The van der Waals surface area contributed by atoms with E-state index in [1.807, 2.05) is 44.4 Å². The van der Waals surface area contributed by atoms with Gasteiger partial charge in [-0.1, -0.05) is 18.2 Å². The maximum Gasteiger partial charge on any atom is 0.239 e. The van der Waals surface area contributed by atoms with Crippen LogP contribution >= 0.6 is 24.8 Å². The number of halogens is 2. The van der Waals surface area contributed by atoms with Gasteiger partial charge in [0.1, 0.15) is 0 Å². The van der Waals surface area contributed by atoms with Crippen molar-refractivity contribution in [2.45, 2.75) is 13.0 Å². The molecule has 110 valence electrons. The van der Waals surface area contributed by atoms with Crippen molar-refractivity contribution >= 4 is 36.4 Å². The van der Waals surface area contributed by atoms with Crippen LogP contribution in [0.25, 0.3) is 0 Å². The Morgan fingerprint density at radius 1 is 1.21 bits per heavy atom. The van der Waals surface area contributed by atoms with E-state index in [-0.39, 0.29) is 30.7 Å². The third kappa shape index (κ3) is 8.70. The molecule has 1 unspecified atom stereocenters. The molecule has 0 aromatic heterocycles. The first kappa shape index (κ1) is 20.3. The number of para-hydroxylation sites is 1. The van der Waals surface area contributed by atoms with Gasteiger partial charge in [0.05, 0.1) is 6.54 Å². The molecule has 0 fully saturated rings. The van der Waals surface area contributed by atoms with Crippen molar-refractivity contribution < 1.29 is 4.79 Å². The highest BCUT2D eigenvalue weighted by molar-refractivity contribution is 5.85. The SMILES string of the molecule is CC(CNC(=O)CNc1ccccc1)N(C)C.Cl.Cl. The number of nitrogens with one attached hydrogen (secondary N) is 2. The second kappa shape index (κ2) is 10.9. The third-order valence-corrected chi connectivity index (χ3v) is 2.70. The highest BCUT2D eigenvalue weighted by atomic mass is 35.5. The summed E-state index contributed by atoms with van der Waals surface area (Å²) < 4.78 is 0. The van der Waals surface area contributed by atoms with Gasteiger partial charge >= 0.3 is 0 Å². The summed E-state index contributed by atoms with van der Waals surface area (Å²) in [5.74, 6) is 0.0163. The van der Waals surface area contributed by atoms with E-state index in [1.54, 1.807) is 0 Å². The predicted octanol–water partition coefficient (Wildman–Crippen LogP) is 2.01. The van der Waals surface area contributed by atoms with Crippen molar-refractivity contribution in [2.75, 3.05) is 32.5 Å². The molecule has 1 aromatic carbocycles. The molecule has 1 atom stereocenters. The molecule has 2 N–H and O–H groups in total. The molecular weight excluding hydrogens is 285 g/mol. The van der Waals surface area contributed by atoms with E-state index in [4.69, 9.17) is 0 Å². The van der Waals surface area contributed by atoms with Gasteiger partial charge in [-0.2, -0.15) is 0 Å². The van der Waals surface area contributed by atoms with E-state index < -0.39 is 0 Å². The van der Waals surface area contributed by atoms with Crippen LogP contribution in [-0.2, 0) is 4.79 Å². The Bertz CT molecular complexity index is 347. The zero-order valence-electron chi connectivity index (χ0n) is 11.6. The van der Waals surface area contributed by atoms with Crippen LogP contribution in [-0.4, -0.2) is 44.0 Å². The van der Waals surface area contributed by atoms with Crippen molar-refractivity contribution in [2.24, 2.45) is 0 Å². The number of hydrogen-bond donors (Lipinski definition) is 2. The first-order valence-electron chi connectivity index (χ1n) is 5.81. The van der Waals surface area contributed by atoms with Gasteiger partial charge < -0.3 is 15.5 Å². The largest absolute Gasteiger partial charge is 0.376 e. The highest BCUT2D eigenvalue weighted by Gasteiger charge is 2.06. The number of amides is 1. The fraction of sp³-hybridized carbons (Fsp3) is 0.462. The average molecular weight is 308 g/mol. The quantitative estimate of drug-likeness (QED) is 0.845. The first-order valence-corrected chi connectivity index (χ1v) is 5.81. The van der Waals surface area contributed by atoms with Gasteiger partial charge in [-0.05, 0) is 33.2 Å². The maximum atomic E-state index is 11.6. The molecule has 0 aliphatic heterocycles. The Morgan fingerprint density at radius 2 is 1.79 bits per heavy atom. The predicted molar refractivity (Wildman–Crippen MR) is 85.6 cm³/mol. The van der Waals surface area contributed by atoms with Crippen LogP contribution in [0.2, 0.25) is 0 Å². The Balaban J connectivity index is 0. The number of rotatable bonds is 6. The Labute approximate surface area is 127 Å². The van der Waals surface area contributed by atoms with E-state index >= 15 is 0 Å². The lowest BCUT2D eigenvalue weighted by Crippen LogP contribution is -2.40. The third-order valence-electron chi connectivity index (χ3n) is 2.70. The molecular formula is C13H23Cl2N3O. The van der Waals surface area contributed by atoms with Crippen molar-refractivity contribution in [3.63, 3.8) is 0 Å². The molecule has 19 heavy (non-hydrogen) atoms. The standard InChI is InChI=1S/C13H21N3O.2ClH/c1-11(16(2)3)9-15-13(17)10-14-12-7-5-4-6-8-12;;/h4-8,11,14H,9-10H2,1-3H3,(H,15,17);2*1H. The zero-order chi connectivity index (χ0) is 12.7. The van der Waals surface area contributed by atoms with Gasteiger partial charge in [0, 0.05) is 18.3 Å². The summed E-state index contributed by atoms with van der Waals surface area (Å²) in [5, 5.41) is 5.96. The van der Waals surface area contributed by atoms with E-state index in [2.05, 4.69) is 22.5 Å². The minimum Gasteiger partial charge on any atom is -0.376 e. The maximum absolute atomic E-state index is 11.6. The van der Waals surface area contributed by atoms with Gasteiger partial charge in [0.2, 0.25) is 5.91 Å². The molecule has 0 aliphatic rings. The van der Waals surface area contributed by atoms with Crippen LogP contribution < -0.4 is 10.6 Å². The van der Waals surface area contributed by atoms with Gasteiger partial charge in [0.25, 0.3) is 0 Å². The average Bonchev–Trinajstić information content (AvgIpc) is 2.34. The molecule has 6 heteroatoms. The topological polar surface area (TPSA) is 44.4 Å². The molecule has 4 nitrogen and oxygen atoms in total.